The number of aromatic nitrogens is 2. The molecule has 178 valence electrons. The van der Waals surface area contributed by atoms with Crippen LogP contribution in [0.3, 0.4) is 0 Å². The van der Waals surface area contributed by atoms with Crippen molar-refractivity contribution >= 4 is 11.8 Å². The van der Waals surface area contributed by atoms with Gasteiger partial charge in [0.2, 0.25) is 11.7 Å². The Kier molecular flexibility index (Phi) is 7.22. The lowest BCUT2D eigenvalue weighted by atomic mass is 10.1. The maximum atomic E-state index is 12.8. The molecule has 1 N–H and O–H groups in total. The van der Waals surface area contributed by atoms with Crippen molar-refractivity contribution in [1.29, 1.82) is 0 Å². The fourth-order valence-corrected chi connectivity index (χ4v) is 3.83. The van der Waals surface area contributed by atoms with Crippen LogP contribution < -0.4 is 10.1 Å². The predicted molar refractivity (Wildman–Crippen MR) is 123 cm³/mol. The van der Waals surface area contributed by atoms with Crippen molar-refractivity contribution in [3.05, 3.63) is 76.9 Å². The fraction of sp³-hybridized carbons (Fsp3) is 0.360. The van der Waals surface area contributed by atoms with Crippen molar-refractivity contribution < 1.29 is 23.6 Å². The lowest BCUT2D eigenvalue weighted by Crippen LogP contribution is -2.48. The Morgan fingerprint density at radius 3 is 2.29 bits per heavy atom. The van der Waals surface area contributed by atoms with E-state index in [4.69, 9.17) is 14.0 Å². The molecule has 0 bridgehead atoms. The molecule has 2 heterocycles. The van der Waals surface area contributed by atoms with E-state index in [1.807, 2.05) is 30.9 Å². The Bertz CT molecular complexity index is 1120. The van der Waals surface area contributed by atoms with E-state index in [2.05, 4.69) is 15.5 Å². The molecule has 0 radical (unpaired) electrons. The number of carbonyl (C=O) groups excluding carboxylic acids is 2. The molecule has 1 saturated heterocycles. The molecule has 2 unspecified atom stereocenters. The summed E-state index contributed by atoms with van der Waals surface area (Å²) in [6.07, 6.45) is 0.0510. The number of morpholine rings is 1. The van der Waals surface area contributed by atoms with Crippen LogP contribution in [-0.2, 0) is 17.9 Å². The minimum absolute atomic E-state index is 0.00522. The van der Waals surface area contributed by atoms with Gasteiger partial charge in [-0.15, -0.1) is 0 Å². The number of nitrogens with one attached hydrogen (secondary N) is 1. The summed E-state index contributed by atoms with van der Waals surface area (Å²) in [5.74, 6) is 1.34. The summed E-state index contributed by atoms with van der Waals surface area (Å²) in [5, 5.41) is 6.67. The Morgan fingerprint density at radius 1 is 1.03 bits per heavy atom. The fourth-order valence-electron chi connectivity index (χ4n) is 3.83. The Labute approximate surface area is 198 Å². The molecule has 3 aromatic rings. The Morgan fingerprint density at radius 2 is 1.68 bits per heavy atom. The highest BCUT2D eigenvalue weighted by atomic mass is 16.5. The zero-order valence-electron chi connectivity index (χ0n) is 19.5. The van der Waals surface area contributed by atoms with Crippen LogP contribution in [0.2, 0.25) is 0 Å². The first-order valence-electron chi connectivity index (χ1n) is 11.2. The van der Waals surface area contributed by atoms with E-state index in [0.717, 1.165) is 5.56 Å². The van der Waals surface area contributed by atoms with Crippen LogP contribution in [0.4, 0.5) is 0 Å². The minimum Gasteiger partial charge on any atom is -0.485 e. The third kappa shape index (κ3) is 5.99. The minimum atomic E-state index is -0.197. The van der Waals surface area contributed by atoms with Crippen molar-refractivity contribution in [3.8, 4) is 5.75 Å². The number of amides is 2. The zero-order valence-corrected chi connectivity index (χ0v) is 19.5. The van der Waals surface area contributed by atoms with Gasteiger partial charge in [-0.2, -0.15) is 4.98 Å². The molecule has 9 heteroatoms. The Balaban J connectivity index is 1.26. The quantitative estimate of drug-likeness (QED) is 0.572. The maximum Gasteiger partial charge on any atom is 0.254 e. The van der Waals surface area contributed by atoms with Crippen LogP contribution in [0.1, 0.15) is 51.8 Å². The molecule has 0 spiro atoms. The summed E-state index contributed by atoms with van der Waals surface area (Å²) >= 11 is 0. The molecule has 2 atom stereocenters. The molecule has 34 heavy (non-hydrogen) atoms. The van der Waals surface area contributed by atoms with Crippen LogP contribution in [0.5, 0.6) is 5.75 Å². The molecule has 1 aliphatic heterocycles. The van der Waals surface area contributed by atoms with E-state index in [1.165, 1.54) is 0 Å². The second kappa shape index (κ2) is 10.5. The molecular weight excluding hydrogens is 436 g/mol. The van der Waals surface area contributed by atoms with E-state index < -0.39 is 0 Å². The lowest BCUT2D eigenvalue weighted by Gasteiger charge is -2.35. The third-order valence-corrected chi connectivity index (χ3v) is 5.41. The van der Waals surface area contributed by atoms with Gasteiger partial charge in [-0.25, -0.2) is 0 Å². The number of ether oxygens (including phenoxy) is 2. The van der Waals surface area contributed by atoms with Crippen molar-refractivity contribution in [1.82, 2.24) is 20.4 Å². The van der Waals surface area contributed by atoms with Crippen molar-refractivity contribution in [3.63, 3.8) is 0 Å². The average Bonchev–Trinajstić information content (AvgIpc) is 3.26. The number of benzene rings is 2. The summed E-state index contributed by atoms with van der Waals surface area (Å²) in [4.78, 5) is 31.2. The number of rotatable bonds is 7. The van der Waals surface area contributed by atoms with Gasteiger partial charge in [0.15, 0.2) is 6.61 Å². The largest absolute Gasteiger partial charge is 0.485 e. The van der Waals surface area contributed by atoms with Crippen molar-refractivity contribution in [2.75, 3.05) is 13.1 Å². The lowest BCUT2D eigenvalue weighted by molar-refractivity contribution is -0.0586. The van der Waals surface area contributed by atoms with Crippen LogP contribution in [0, 0.1) is 6.92 Å². The third-order valence-electron chi connectivity index (χ3n) is 5.41. The van der Waals surface area contributed by atoms with Gasteiger partial charge in [-0.3, -0.25) is 9.59 Å². The van der Waals surface area contributed by atoms with Crippen molar-refractivity contribution in [2.45, 2.75) is 46.1 Å². The van der Waals surface area contributed by atoms with E-state index in [9.17, 15) is 9.59 Å². The first kappa shape index (κ1) is 23.4. The highest BCUT2D eigenvalue weighted by molar-refractivity contribution is 5.95. The van der Waals surface area contributed by atoms with Crippen LogP contribution in [0.15, 0.2) is 53.1 Å². The van der Waals surface area contributed by atoms with E-state index in [0.29, 0.717) is 48.2 Å². The van der Waals surface area contributed by atoms with Gasteiger partial charge in [0.05, 0.1) is 12.2 Å². The highest BCUT2D eigenvalue weighted by Crippen LogP contribution is 2.16. The predicted octanol–water partition coefficient (Wildman–Crippen LogP) is 3.14. The monoisotopic (exact) mass is 464 g/mol. The molecule has 1 fully saturated rings. The van der Waals surface area contributed by atoms with Crippen LogP contribution in [-0.4, -0.2) is 52.2 Å². The van der Waals surface area contributed by atoms with Crippen LogP contribution >= 0.6 is 0 Å². The number of hydrogen-bond donors (Lipinski definition) is 1. The number of aryl methyl sites for hydroxylation is 1. The van der Waals surface area contributed by atoms with Gasteiger partial charge in [0, 0.05) is 37.7 Å². The average molecular weight is 465 g/mol. The number of hydrogen-bond acceptors (Lipinski definition) is 7. The SMILES string of the molecule is Cc1nc(COc2ccc(C(=O)NCc3ccc(C(=O)N4CC(C)OC(C)C4)cc3)cc2)no1. The molecule has 2 amide bonds. The van der Waals surface area contributed by atoms with Gasteiger partial charge in [0.1, 0.15) is 5.75 Å². The summed E-state index contributed by atoms with van der Waals surface area (Å²) in [7, 11) is 0. The molecule has 1 aromatic heterocycles. The normalized spacial score (nSPS) is 17.9. The second-order valence-corrected chi connectivity index (χ2v) is 8.39. The number of carbonyl (C=O) groups is 2. The van der Waals surface area contributed by atoms with Gasteiger partial charge < -0.3 is 24.2 Å². The molecule has 1 aliphatic rings. The van der Waals surface area contributed by atoms with Crippen molar-refractivity contribution in [2.24, 2.45) is 0 Å². The summed E-state index contributed by atoms with van der Waals surface area (Å²) in [6, 6.07) is 14.1. The molecule has 2 aromatic carbocycles. The number of nitrogens with zero attached hydrogens (tertiary/aromatic N) is 3. The summed E-state index contributed by atoms with van der Waals surface area (Å²) < 4.78 is 16.2. The summed E-state index contributed by atoms with van der Waals surface area (Å²) in [6.45, 7) is 7.37. The molecule has 4 rings (SSSR count). The van der Waals surface area contributed by atoms with E-state index in [-0.39, 0.29) is 30.6 Å². The molecule has 9 nitrogen and oxygen atoms in total. The first-order valence-corrected chi connectivity index (χ1v) is 11.2. The highest BCUT2D eigenvalue weighted by Gasteiger charge is 2.26. The standard InChI is InChI=1S/C25H28N4O5/c1-16-13-29(14-17(2)33-16)25(31)21-6-4-19(5-7-21)12-26-24(30)20-8-10-22(11-9-20)32-15-23-27-18(3)34-28-23/h4-11,16-17H,12-15H2,1-3H3,(H,26,30). The van der Waals surface area contributed by atoms with Gasteiger partial charge >= 0.3 is 0 Å². The van der Waals surface area contributed by atoms with E-state index >= 15 is 0 Å². The molecular formula is C25H28N4O5. The van der Waals surface area contributed by atoms with Gasteiger partial charge in [-0.1, -0.05) is 17.3 Å². The Hall–Kier alpha value is -3.72. The topological polar surface area (TPSA) is 107 Å². The molecule has 0 aliphatic carbocycles. The second-order valence-electron chi connectivity index (χ2n) is 8.39. The maximum absolute atomic E-state index is 12.8. The smallest absolute Gasteiger partial charge is 0.254 e. The van der Waals surface area contributed by atoms with Crippen LogP contribution in [0.25, 0.3) is 0 Å². The van der Waals surface area contributed by atoms with E-state index in [1.54, 1.807) is 43.3 Å². The van der Waals surface area contributed by atoms with Gasteiger partial charge in [-0.05, 0) is 55.8 Å². The summed E-state index contributed by atoms with van der Waals surface area (Å²) in [5.41, 5.74) is 2.05. The molecule has 0 saturated carbocycles. The zero-order chi connectivity index (χ0) is 24.1. The first-order chi connectivity index (χ1) is 16.4. The van der Waals surface area contributed by atoms with Gasteiger partial charge in [0.25, 0.3) is 11.8 Å².